The quantitative estimate of drug-likeness (QED) is 0.746. The van der Waals surface area contributed by atoms with E-state index in [-0.39, 0.29) is 18.0 Å². The summed E-state index contributed by atoms with van der Waals surface area (Å²) in [5, 5.41) is 18.3. The number of anilines is 1. The van der Waals surface area contributed by atoms with Crippen LogP contribution in [-0.2, 0) is 24.2 Å². The summed E-state index contributed by atoms with van der Waals surface area (Å²) >= 11 is 0. The number of aliphatic hydroxyl groups excluding tert-OH is 1. The largest absolute Gasteiger partial charge is 0.479 e. The fraction of sp³-hybridized carbons (Fsp3) is 0.385. The number of ether oxygens (including phenoxy) is 1. The van der Waals surface area contributed by atoms with Gasteiger partial charge in [-0.05, 0) is 24.3 Å². The number of hydrogen-bond donors (Lipinski definition) is 2. The molecule has 0 unspecified atom stereocenters. The first-order chi connectivity index (χ1) is 10.2. The molecule has 9 heteroatoms. The lowest BCUT2D eigenvalue weighted by Crippen LogP contribution is -2.54. The van der Waals surface area contributed by atoms with Crippen LogP contribution in [0.2, 0.25) is 0 Å². The summed E-state index contributed by atoms with van der Waals surface area (Å²) in [6.07, 6.45) is -2.37. The molecule has 0 aromatic heterocycles. The predicted octanol–water partition coefficient (Wildman–Crippen LogP) is -0.733. The van der Waals surface area contributed by atoms with Crippen molar-refractivity contribution >= 4 is 27.4 Å². The van der Waals surface area contributed by atoms with Crippen LogP contribution in [0.3, 0.4) is 0 Å². The average Bonchev–Trinajstić information content (AvgIpc) is 2.46. The molecule has 1 saturated heterocycles. The van der Waals surface area contributed by atoms with Crippen molar-refractivity contribution in [3.63, 3.8) is 0 Å². The van der Waals surface area contributed by atoms with E-state index in [2.05, 4.69) is 0 Å². The Morgan fingerprint density at radius 2 is 1.95 bits per heavy atom. The molecule has 1 fully saturated rings. The van der Waals surface area contributed by atoms with Crippen LogP contribution < -0.4 is 4.90 Å². The predicted molar refractivity (Wildman–Crippen MR) is 75.3 cm³/mol. The van der Waals surface area contributed by atoms with Crippen LogP contribution in [-0.4, -0.2) is 62.1 Å². The number of aliphatic hydroxyl groups is 1. The van der Waals surface area contributed by atoms with Gasteiger partial charge in [0.25, 0.3) is 5.91 Å². The minimum Gasteiger partial charge on any atom is -0.479 e. The van der Waals surface area contributed by atoms with Crippen LogP contribution in [0.15, 0.2) is 29.2 Å². The molecule has 1 aromatic carbocycles. The van der Waals surface area contributed by atoms with Gasteiger partial charge in [0.1, 0.15) is 0 Å². The summed E-state index contributed by atoms with van der Waals surface area (Å²) in [4.78, 5) is 24.4. The van der Waals surface area contributed by atoms with Gasteiger partial charge in [0.05, 0.1) is 11.5 Å². The minimum absolute atomic E-state index is 0.0641. The van der Waals surface area contributed by atoms with E-state index >= 15 is 0 Å². The number of carboxylic acid groups (broad SMARTS) is 1. The van der Waals surface area contributed by atoms with Gasteiger partial charge in [-0.25, -0.2) is 13.2 Å². The zero-order valence-electron chi connectivity index (χ0n) is 11.7. The molecule has 1 aliphatic heterocycles. The third kappa shape index (κ3) is 3.26. The van der Waals surface area contributed by atoms with E-state index in [9.17, 15) is 23.1 Å². The van der Waals surface area contributed by atoms with Crippen molar-refractivity contribution in [1.29, 1.82) is 0 Å². The fourth-order valence-electron chi connectivity index (χ4n) is 2.09. The highest BCUT2D eigenvalue weighted by Crippen LogP contribution is 2.22. The number of hydrogen-bond acceptors (Lipinski definition) is 6. The van der Waals surface area contributed by atoms with Crippen LogP contribution in [0.5, 0.6) is 0 Å². The van der Waals surface area contributed by atoms with Crippen molar-refractivity contribution in [2.45, 2.75) is 17.1 Å². The highest BCUT2D eigenvalue weighted by Gasteiger charge is 2.39. The second kappa shape index (κ2) is 6.03. The third-order valence-electron chi connectivity index (χ3n) is 3.24. The Morgan fingerprint density at radius 1 is 1.36 bits per heavy atom. The molecule has 1 amide bonds. The van der Waals surface area contributed by atoms with Gasteiger partial charge in [-0.15, -0.1) is 0 Å². The molecule has 1 heterocycles. The number of sulfone groups is 1. The molecule has 0 aliphatic carbocycles. The Balaban J connectivity index is 2.25. The van der Waals surface area contributed by atoms with Crippen molar-refractivity contribution in [3.05, 3.63) is 24.3 Å². The lowest BCUT2D eigenvalue weighted by Gasteiger charge is -2.33. The topological polar surface area (TPSA) is 121 Å². The first-order valence-electron chi connectivity index (χ1n) is 6.36. The smallest absolute Gasteiger partial charge is 0.335 e. The molecule has 8 nitrogen and oxygen atoms in total. The van der Waals surface area contributed by atoms with Crippen LogP contribution in [0.4, 0.5) is 5.69 Å². The van der Waals surface area contributed by atoms with Gasteiger partial charge in [-0.2, -0.15) is 0 Å². The van der Waals surface area contributed by atoms with E-state index in [0.717, 1.165) is 6.26 Å². The molecule has 2 rings (SSSR count). The Hall–Kier alpha value is -1.97. The minimum atomic E-state index is -3.35. The zero-order valence-corrected chi connectivity index (χ0v) is 12.5. The van der Waals surface area contributed by atoms with Gasteiger partial charge < -0.3 is 19.8 Å². The summed E-state index contributed by atoms with van der Waals surface area (Å²) in [5.74, 6) is -2.24. The molecular formula is C13H15NO7S. The number of aliphatic carboxylic acids is 1. The molecule has 22 heavy (non-hydrogen) atoms. The maximum atomic E-state index is 12.2. The number of carbonyl (C=O) groups excluding carboxylic acids is 1. The maximum absolute atomic E-state index is 12.2. The van der Waals surface area contributed by atoms with E-state index in [0.29, 0.717) is 5.69 Å². The third-order valence-corrected chi connectivity index (χ3v) is 4.37. The number of benzene rings is 1. The van der Waals surface area contributed by atoms with Gasteiger partial charge in [-0.3, -0.25) is 4.79 Å². The van der Waals surface area contributed by atoms with Crippen molar-refractivity contribution < 1.29 is 33.0 Å². The van der Waals surface area contributed by atoms with Gasteiger partial charge in [0, 0.05) is 18.5 Å². The van der Waals surface area contributed by atoms with Gasteiger partial charge in [0.15, 0.2) is 22.0 Å². The number of morpholine rings is 1. The second-order valence-electron chi connectivity index (χ2n) is 4.83. The summed E-state index contributed by atoms with van der Waals surface area (Å²) in [7, 11) is -3.35. The van der Waals surface area contributed by atoms with E-state index in [4.69, 9.17) is 9.84 Å². The first-order valence-corrected chi connectivity index (χ1v) is 8.25. The molecule has 1 aromatic rings. The molecular weight excluding hydrogens is 314 g/mol. The number of amides is 1. The van der Waals surface area contributed by atoms with Gasteiger partial charge >= 0.3 is 5.97 Å². The maximum Gasteiger partial charge on any atom is 0.335 e. The fourth-order valence-corrected chi connectivity index (χ4v) is 2.72. The van der Waals surface area contributed by atoms with Gasteiger partial charge in [0.2, 0.25) is 0 Å². The summed E-state index contributed by atoms with van der Waals surface area (Å²) in [6, 6.07) is 5.61. The number of nitrogens with zero attached hydrogens (tertiary/aromatic N) is 1. The lowest BCUT2D eigenvalue weighted by molar-refractivity contribution is -0.163. The van der Waals surface area contributed by atoms with Crippen LogP contribution >= 0.6 is 0 Å². The van der Waals surface area contributed by atoms with Crippen molar-refractivity contribution in [2.75, 3.05) is 24.3 Å². The Labute approximate surface area is 126 Å². The molecule has 120 valence electrons. The Bertz CT molecular complexity index is 683. The Morgan fingerprint density at radius 3 is 2.45 bits per heavy atom. The van der Waals surface area contributed by atoms with E-state index < -0.39 is 33.9 Å². The Kier molecular flexibility index (Phi) is 4.50. The molecule has 0 bridgehead atoms. The highest BCUT2D eigenvalue weighted by molar-refractivity contribution is 7.90. The van der Waals surface area contributed by atoms with E-state index in [1.165, 1.54) is 29.2 Å². The van der Waals surface area contributed by atoms with Crippen molar-refractivity contribution in [1.82, 2.24) is 0 Å². The van der Waals surface area contributed by atoms with Crippen molar-refractivity contribution in [3.8, 4) is 0 Å². The lowest BCUT2D eigenvalue weighted by atomic mass is 10.1. The summed E-state index contributed by atoms with van der Waals surface area (Å²) < 4.78 is 27.8. The standard InChI is InChI=1S/C13H15NO7S/c1-22(19,20)9-4-2-8(3-5-9)14-6-7-21-11(12(14)16)10(15)13(17)18/h2-5,10-11,15H,6-7H2,1H3,(H,17,18)/t10-,11-/m1/s1. The number of carbonyl (C=O) groups is 2. The highest BCUT2D eigenvalue weighted by atomic mass is 32.2. The second-order valence-corrected chi connectivity index (χ2v) is 6.85. The van der Waals surface area contributed by atoms with Crippen LogP contribution in [0, 0.1) is 0 Å². The molecule has 1 aliphatic rings. The summed E-state index contributed by atoms with van der Waals surface area (Å²) in [5.41, 5.74) is 0.406. The number of rotatable bonds is 4. The normalized spacial score (nSPS) is 20.7. The van der Waals surface area contributed by atoms with Crippen LogP contribution in [0.25, 0.3) is 0 Å². The van der Waals surface area contributed by atoms with E-state index in [1.54, 1.807) is 0 Å². The zero-order chi connectivity index (χ0) is 16.5. The van der Waals surface area contributed by atoms with E-state index in [1.807, 2.05) is 0 Å². The first kappa shape index (κ1) is 16.4. The number of carboxylic acids is 1. The van der Waals surface area contributed by atoms with Crippen LogP contribution in [0.1, 0.15) is 0 Å². The molecule has 0 saturated carbocycles. The monoisotopic (exact) mass is 329 g/mol. The molecule has 0 radical (unpaired) electrons. The van der Waals surface area contributed by atoms with Crippen molar-refractivity contribution in [2.24, 2.45) is 0 Å². The van der Waals surface area contributed by atoms with Gasteiger partial charge in [-0.1, -0.05) is 0 Å². The summed E-state index contributed by atoms with van der Waals surface area (Å²) in [6.45, 7) is 0.245. The SMILES string of the molecule is CS(=O)(=O)c1ccc(N2CCO[C@H]([C@@H](O)C(=O)O)C2=O)cc1. The molecule has 2 N–H and O–H groups in total. The average molecular weight is 329 g/mol. The molecule has 2 atom stereocenters. The molecule has 0 spiro atoms.